The number of benzene rings is 1. The summed E-state index contributed by atoms with van der Waals surface area (Å²) >= 11 is 6.06. The van der Waals surface area contributed by atoms with E-state index in [1.807, 2.05) is 6.07 Å². The number of nitrogens with zero attached hydrogens (tertiary/aromatic N) is 1. The SMILES string of the molecule is CCOC(=O)/C(NC)=C(\Cl)C(=N)c1ccc(C#N)cc1. The molecule has 104 valence electrons. The van der Waals surface area contributed by atoms with Crippen molar-refractivity contribution in [2.45, 2.75) is 6.92 Å². The van der Waals surface area contributed by atoms with Crippen LogP contribution >= 0.6 is 11.6 Å². The van der Waals surface area contributed by atoms with Gasteiger partial charge in [-0.25, -0.2) is 4.79 Å². The van der Waals surface area contributed by atoms with Crippen molar-refractivity contribution < 1.29 is 9.53 Å². The fraction of sp³-hybridized carbons (Fsp3) is 0.214. The molecule has 0 radical (unpaired) electrons. The lowest BCUT2D eigenvalue weighted by Crippen LogP contribution is -2.22. The summed E-state index contributed by atoms with van der Waals surface area (Å²) in [5, 5.41) is 19.3. The van der Waals surface area contributed by atoms with Crippen molar-refractivity contribution in [2.75, 3.05) is 13.7 Å². The second-order valence-electron chi connectivity index (χ2n) is 3.72. The highest BCUT2D eigenvalue weighted by Crippen LogP contribution is 2.16. The number of rotatable bonds is 5. The first-order valence-electron chi connectivity index (χ1n) is 5.89. The first-order valence-corrected chi connectivity index (χ1v) is 6.27. The smallest absolute Gasteiger partial charge is 0.356 e. The van der Waals surface area contributed by atoms with Crippen LogP contribution in [-0.4, -0.2) is 25.3 Å². The number of hydrogen-bond acceptors (Lipinski definition) is 5. The third-order valence-corrected chi connectivity index (χ3v) is 2.85. The van der Waals surface area contributed by atoms with E-state index < -0.39 is 5.97 Å². The molecule has 1 rings (SSSR count). The average molecular weight is 292 g/mol. The Morgan fingerprint density at radius 3 is 2.50 bits per heavy atom. The van der Waals surface area contributed by atoms with E-state index in [4.69, 9.17) is 27.0 Å². The molecule has 1 aromatic rings. The van der Waals surface area contributed by atoms with E-state index in [0.29, 0.717) is 11.1 Å². The maximum Gasteiger partial charge on any atom is 0.356 e. The van der Waals surface area contributed by atoms with Gasteiger partial charge in [-0.2, -0.15) is 5.26 Å². The van der Waals surface area contributed by atoms with Crippen molar-refractivity contribution in [3.8, 4) is 6.07 Å². The number of hydrogen-bond donors (Lipinski definition) is 2. The van der Waals surface area contributed by atoms with Gasteiger partial charge in [0.05, 0.1) is 29.0 Å². The Kier molecular flexibility index (Phi) is 5.75. The Morgan fingerprint density at radius 1 is 1.45 bits per heavy atom. The number of likely N-dealkylation sites (N-methyl/N-ethyl adjacent to an activating group) is 1. The molecule has 0 saturated heterocycles. The minimum absolute atomic E-state index is 0.0199. The zero-order valence-electron chi connectivity index (χ0n) is 11.2. The summed E-state index contributed by atoms with van der Waals surface area (Å²) in [5.41, 5.74) is 1.00. The number of esters is 1. The van der Waals surface area contributed by atoms with E-state index in [-0.39, 0.29) is 23.0 Å². The van der Waals surface area contributed by atoms with E-state index in [2.05, 4.69) is 5.32 Å². The zero-order chi connectivity index (χ0) is 15.1. The molecule has 5 nitrogen and oxygen atoms in total. The molecule has 0 aliphatic carbocycles. The van der Waals surface area contributed by atoms with Gasteiger partial charge < -0.3 is 10.1 Å². The van der Waals surface area contributed by atoms with E-state index in [1.54, 1.807) is 31.2 Å². The lowest BCUT2D eigenvalue weighted by atomic mass is 10.1. The molecule has 0 aliphatic rings. The topological polar surface area (TPSA) is 86.0 Å². The molecule has 0 bridgehead atoms. The summed E-state index contributed by atoms with van der Waals surface area (Å²) in [4.78, 5) is 11.7. The van der Waals surface area contributed by atoms with E-state index in [0.717, 1.165) is 0 Å². The molecule has 0 fully saturated rings. The van der Waals surface area contributed by atoms with Crippen LogP contribution in [0.3, 0.4) is 0 Å². The quantitative estimate of drug-likeness (QED) is 0.494. The van der Waals surface area contributed by atoms with Gasteiger partial charge in [0, 0.05) is 12.6 Å². The third-order valence-electron chi connectivity index (χ3n) is 2.47. The van der Waals surface area contributed by atoms with Crippen LogP contribution in [0.2, 0.25) is 0 Å². The largest absolute Gasteiger partial charge is 0.461 e. The second-order valence-corrected chi connectivity index (χ2v) is 4.10. The van der Waals surface area contributed by atoms with E-state index in [9.17, 15) is 4.79 Å². The predicted molar refractivity (Wildman–Crippen MR) is 76.6 cm³/mol. The molecule has 0 aliphatic heterocycles. The first kappa shape index (κ1) is 15.7. The molecular formula is C14H14ClN3O2. The molecule has 0 aromatic heterocycles. The summed E-state index contributed by atoms with van der Waals surface area (Å²) in [6.45, 7) is 1.91. The number of allylic oxidation sites excluding steroid dienone is 1. The minimum atomic E-state index is -0.613. The number of nitrogens with one attached hydrogen (secondary N) is 2. The number of nitriles is 1. The lowest BCUT2D eigenvalue weighted by Gasteiger charge is -2.10. The van der Waals surface area contributed by atoms with Crippen LogP contribution in [0.4, 0.5) is 0 Å². The van der Waals surface area contributed by atoms with Crippen LogP contribution in [0.25, 0.3) is 0 Å². The van der Waals surface area contributed by atoms with E-state index in [1.165, 1.54) is 7.05 Å². The number of carbonyl (C=O) groups excluding carboxylic acids is 1. The molecule has 6 heteroatoms. The molecule has 20 heavy (non-hydrogen) atoms. The highest BCUT2D eigenvalue weighted by atomic mass is 35.5. The van der Waals surface area contributed by atoms with Crippen molar-refractivity contribution in [1.29, 1.82) is 10.7 Å². The van der Waals surface area contributed by atoms with Crippen LogP contribution in [-0.2, 0) is 9.53 Å². The number of ether oxygens (including phenoxy) is 1. The van der Waals surface area contributed by atoms with Gasteiger partial charge in [-0.15, -0.1) is 0 Å². The van der Waals surface area contributed by atoms with Gasteiger partial charge in [0.2, 0.25) is 0 Å². The van der Waals surface area contributed by atoms with Crippen LogP contribution in [0.1, 0.15) is 18.1 Å². The van der Waals surface area contributed by atoms with Crippen molar-refractivity contribution >= 4 is 23.3 Å². The Hall–Kier alpha value is -2.32. The first-order chi connectivity index (χ1) is 9.54. The third kappa shape index (κ3) is 3.59. The monoisotopic (exact) mass is 291 g/mol. The fourth-order valence-corrected chi connectivity index (χ4v) is 1.75. The van der Waals surface area contributed by atoms with Gasteiger partial charge in [0.1, 0.15) is 5.70 Å². The summed E-state index contributed by atoms with van der Waals surface area (Å²) in [7, 11) is 1.53. The highest BCUT2D eigenvalue weighted by molar-refractivity contribution is 6.47. The molecule has 0 unspecified atom stereocenters. The number of halogens is 1. The molecule has 0 heterocycles. The Balaban J connectivity index is 3.09. The van der Waals surface area contributed by atoms with Gasteiger partial charge in [-0.1, -0.05) is 23.7 Å². The van der Waals surface area contributed by atoms with Crippen molar-refractivity contribution in [3.63, 3.8) is 0 Å². The molecule has 0 atom stereocenters. The van der Waals surface area contributed by atoms with Crippen molar-refractivity contribution in [2.24, 2.45) is 0 Å². The van der Waals surface area contributed by atoms with Gasteiger partial charge >= 0.3 is 5.97 Å². The predicted octanol–water partition coefficient (Wildman–Crippen LogP) is 2.16. The summed E-state index contributed by atoms with van der Waals surface area (Å²) in [5.74, 6) is -0.613. The summed E-state index contributed by atoms with van der Waals surface area (Å²) < 4.78 is 4.86. The lowest BCUT2D eigenvalue weighted by molar-refractivity contribution is -0.138. The normalized spacial score (nSPS) is 11.1. The van der Waals surface area contributed by atoms with Crippen molar-refractivity contribution in [1.82, 2.24) is 5.32 Å². The molecule has 2 N–H and O–H groups in total. The zero-order valence-corrected chi connectivity index (χ0v) is 11.9. The summed E-state index contributed by atoms with van der Waals surface area (Å²) in [6, 6.07) is 8.35. The maximum absolute atomic E-state index is 11.7. The standard InChI is InChI=1S/C14H14ClN3O2/c1-3-20-14(19)13(18-2)11(15)12(17)10-6-4-9(8-16)5-7-10/h4-7,17-18H,3H2,1-2H3/b13-11+,17-12?. The van der Waals surface area contributed by atoms with Crippen molar-refractivity contribution in [3.05, 3.63) is 46.1 Å². The highest BCUT2D eigenvalue weighted by Gasteiger charge is 2.18. The fourth-order valence-electron chi connectivity index (χ4n) is 1.47. The second kappa shape index (κ2) is 7.31. The summed E-state index contributed by atoms with van der Waals surface area (Å²) in [6.07, 6.45) is 0. The van der Waals surface area contributed by atoms with E-state index >= 15 is 0 Å². The Labute approximate surface area is 122 Å². The Bertz CT molecular complexity index is 585. The minimum Gasteiger partial charge on any atom is -0.461 e. The molecule has 0 saturated carbocycles. The van der Waals surface area contributed by atoms with Crippen LogP contribution < -0.4 is 5.32 Å². The number of carbonyl (C=O) groups is 1. The van der Waals surface area contributed by atoms with Crippen LogP contribution in [0.15, 0.2) is 35.0 Å². The molecule has 1 aromatic carbocycles. The van der Waals surface area contributed by atoms with Gasteiger partial charge in [-0.05, 0) is 19.1 Å². The van der Waals surface area contributed by atoms with Crippen LogP contribution in [0, 0.1) is 16.7 Å². The van der Waals surface area contributed by atoms with Crippen LogP contribution in [0.5, 0.6) is 0 Å². The average Bonchev–Trinajstić information content (AvgIpc) is 2.47. The van der Waals surface area contributed by atoms with Gasteiger partial charge in [0.15, 0.2) is 0 Å². The molecule has 0 amide bonds. The van der Waals surface area contributed by atoms with Gasteiger partial charge in [0.25, 0.3) is 0 Å². The maximum atomic E-state index is 11.7. The van der Waals surface area contributed by atoms with Gasteiger partial charge in [-0.3, -0.25) is 5.41 Å². The molecule has 0 spiro atoms. The Morgan fingerprint density at radius 2 is 2.05 bits per heavy atom. The molecular weight excluding hydrogens is 278 g/mol.